The summed E-state index contributed by atoms with van der Waals surface area (Å²) in [5, 5.41) is 9.37. The van der Waals surface area contributed by atoms with E-state index in [1.807, 2.05) is 13.8 Å². The van der Waals surface area contributed by atoms with Crippen molar-refractivity contribution in [3.63, 3.8) is 0 Å². The van der Waals surface area contributed by atoms with Crippen LogP contribution in [0.3, 0.4) is 0 Å². The van der Waals surface area contributed by atoms with Crippen LogP contribution >= 0.6 is 0 Å². The Kier molecular flexibility index (Phi) is 4.70. The van der Waals surface area contributed by atoms with Gasteiger partial charge in [-0.25, -0.2) is 0 Å². The molecule has 1 aliphatic heterocycles. The summed E-state index contributed by atoms with van der Waals surface area (Å²) in [5.41, 5.74) is -0.314. The molecule has 0 bridgehead atoms. The third-order valence-corrected chi connectivity index (χ3v) is 2.90. The predicted molar refractivity (Wildman–Crippen MR) is 63.4 cm³/mol. The van der Waals surface area contributed by atoms with Gasteiger partial charge in [-0.1, -0.05) is 0 Å². The van der Waals surface area contributed by atoms with Gasteiger partial charge in [0.1, 0.15) is 0 Å². The Morgan fingerprint density at radius 2 is 2.12 bits per heavy atom. The monoisotopic (exact) mass is 229 g/mol. The van der Waals surface area contributed by atoms with Gasteiger partial charge in [0.15, 0.2) is 0 Å². The molecule has 1 amide bonds. The lowest BCUT2D eigenvalue weighted by Gasteiger charge is -2.30. The number of amides is 1. The van der Waals surface area contributed by atoms with Crippen molar-refractivity contribution in [1.82, 2.24) is 16.0 Å². The standard InChI is InChI=1S/C11H23N3O2/c1-8-5-13-9(6-12-8)10(15)14-7-11(2,3)16-4/h8-9,12-13H,5-7H2,1-4H3,(H,14,15). The fraction of sp³-hybridized carbons (Fsp3) is 0.909. The van der Waals surface area contributed by atoms with Crippen molar-refractivity contribution in [2.45, 2.75) is 38.5 Å². The highest BCUT2D eigenvalue weighted by molar-refractivity contribution is 5.82. The van der Waals surface area contributed by atoms with Crippen LogP contribution in [0.15, 0.2) is 0 Å². The van der Waals surface area contributed by atoms with E-state index in [-0.39, 0.29) is 17.6 Å². The summed E-state index contributed by atoms with van der Waals surface area (Å²) in [6, 6.07) is 0.295. The van der Waals surface area contributed by atoms with Crippen molar-refractivity contribution in [2.75, 3.05) is 26.7 Å². The number of hydrogen-bond donors (Lipinski definition) is 3. The van der Waals surface area contributed by atoms with E-state index >= 15 is 0 Å². The minimum Gasteiger partial charge on any atom is -0.377 e. The van der Waals surface area contributed by atoms with Gasteiger partial charge in [-0.2, -0.15) is 0 Å². The third-order valence-electron chi connectivity index (χ3n) is 2.90. The maximum atomic E-state index is 11.8. The van der Waals surface area contributed by atoms with Crippen molar-refractivity contribution in [3.8, 4) is 0 Å². The first kappa shape index (κ1) is 13.4. The zero-order valence-corrected chi connectivity index (χ0v) is 10.6. The van der Waals surface area contributed by atoms with Crippen molar-refractivity contribution >= 4 is 5.91 Å². The molecule has 3 N–H and O–H groups in total. The second-order valence-corrected chi connectivity index (χ2v) is 4.95. The highest BCUT2D eigenvalue weighted by Crippen LogP contribution is 2.04. The van der Waals surface area contributed by atoms with Gasteiger partial charge in [-0.15, -0.1) is 0 Å². The fourth-order valence-corrected chi connectivity index (χ4v) is 1.46. The van der Waals surface area contributed by atoms with Crippen molar-refractivity contribution in [3.05, 3.63) is 0 Å². The molecule has 2 atom stereocenters. The SMILES string of the molecule is COC(C)(C)CNC(=O)C1CNC(C)CN1. The van der Waals surface area contributed by atoms with Crippen LogP contribution in [-0.4, -0.2) is 50.3 Å². The summed E-state index contributed by atoms with van der Waals surface area (Å²) in [4.78, 5) is 11.8. The van der Waals surface area contributed by atoms with E-state index < -0.39 is 0 Å². The first-order chi connectivity index (χ1) is 7.44. The number of carbonyl (C=O) groups excluding carboxylic acids is 1. The summed E-state index contributed by atoms with van der Waals surface area (Å²) in [5.74, 6) is 0.0320. The number of ether oxygens (including phenoxy) is 1. The molecule has 0 aromatic rings. The Balaban J connectivity index is 2.30. The summed E-state index contributed by atoms with van der Waals surface area (Å²) in [6.45, 7) is 8.02. The molecule has 5 heteroatoms. The Hall–Kier alpha value is -0.650. The molecular formula is C11H23N3O2. The molecule has 2 unspecified atom stereocenters. The molecule has 0 aliphatic carbocycles. The van der Waals surface area contributed by atoms with Crippen molar-refractivity contribution < 1.29 is 9.53 Å². The van der Waals surface area contributed by atoms with Crippen LogP contribution in [0.5, 0.6) is 0 Å². The topological polar surface area (TPSA) is 62.4 Å². The second kappa shape index (κ2) is 5.61. The Labute approximate surface area is 97.3 Å². The molecule has 5 nitrogen and oxygen atoms in total. The number of carbonyl (C=O) groups is 1. The van der Waals surface area contributed by atoms with Crippen molar-refractivity contribution in [2.24, 2.45) is 0 Å². The first-order valence-electron chi connectivity index (χ1n) is 5.74. The zero-order chi connectivity index (χ0) is 12.2. The molecule has 1 rings (SSSR count). The van der Waals surface area contributed by atoms with Gasteiger partial charge in [0.25, 0.3) is 0 Å². The number of hydrogen-bond acceptors (Lipinski definition) is 4. The summed E-state index contributed by atoms with van der Waals surface area (Å²) < 4.78 is 5.24. The normalized spacial score (nSPS) is 26.5. The smallest absolute Gasteiger partial charge is 0.238 e. The maximum absolute atomic E-state index is 11.8. The average Bonchev–Trinajstić information content (AvgIpc) is 2.27. The number of nitrogens with one attached hydrogen (secondary N) is 3. The van der Waals surface area contributed by atoms with Gasteiger partial charge in [-0.05, 0) is 20.8 Å². The third kappa shape index (κ3) is 4.08. The number of piperazine rings is 1. The minimum absolute atomic E-state index is 0.0320. The molecule has 1 fully saturated rings. The second-order valence-electron chi connectivity index (χ2n) is 4.95. The molecule has 0 aromatic heterocycles. The summed E-state index contributed by atoms with van der Waals surface area (Å²) >= 11 is 0. The Morgan fingerprint density at radius 3 is 2.62 bits per heavy atom. The molecule has 0 spiro atoms. The molecule has 0 radical (unpaired) electrons. The van der Waals surface area contributed by atoms with E-state index in [2.05, 4.69) is 22.9 Å². The van der Waals surface area contributed by atoms with Crippen molar-refractivity contribution in [1.29, 1.82) is 0 Å². The Bertz CT molecular complexity index is 235. The minimum atomic E-state index is -0.314. The van der Waals surface area contributed by atoms with E-state index in [4.69, 9.17) is 4.74 Å². The van der Waals surface area contributed by atoms with E-state index in [0.29, 0.717) is 19.1 Å². The quantitative estimate of drug-likeness (QED) is 0.607. The lowest BCUT2D eigenvalue weighted by atomic mass is 10.1. The van der Waals surface area contributed by atoms with Crippen LogP contribution in [0.25, 0.3) is 0 Å². The van der Waals surface area contributed by atoms with Gasteiger partial charge in [0.05, 0.1) is 11.6 Å². The molecule has 0 saturated carbocycles. The predicted octanol–water partition coefficient (Wildman–Crippen LogP) is -0.522. The van der Waals surface area contributed by atoms with Gasteiger partial charge in [0, 0.05) is 32.8 Å². The first-order valence-corrected chi connectivity index (χ1v) is 5.74. The zero-order valence-electron chi connectivity index (χ0n) is 10.6. The number of methoxy groups -OCH3 is 1. The van der Waals surface area contributed by atoms with Crippen LogP contribution in [0.2, 0.25) is 0 Å². The molecule has 1 heterocycles. The molecular weight excluding hydrogens is 206 g/mol. The van der Waals surface area contributed by atoms with Crippen LogP contribution in [0.1, 0.15) is 20.8 Å². The molecule has 16 heavy (non-hydrogen) atoms. The van der Waals surface area contributed by atoms with Gasteiger partial charge >= 0.3 is 0 Å². The summed E-state index contributed by atoms with van der Waals surface area (Å²) in [7, 11) is 1.65. The summed E-state index contributed by atoms with van der Waals surface area (Å²) in [6.07, 6.45) is 0. The Morgan fingerprint density at radius 1 is 1.44 bits per heavy atom. The van der Waals surface area contributed by atoms with E-state index in [1.54, 1.807) is 7.11 Å². The lowest BCUT2D eigenvalue weighted by molar-refractivity contribution is -0.124. The van der Waals surface area contributed by atoms with Gasteiger partial charge in [0.2, 0.25) is 5.91 Å². The molecule has 0 aromatic carbocycles. The highest BCUT2D eigenvalue weighted by atomic mass is 16.5. The molecule has 94 valence electrons. The maximum Gasteiger partial charge on any atom is 0.238 e. The van der Waals surface area contributed by atoms with Crippen LogP contribution in [-0.2, 0) is 9.53 Å². The lowest BCUT2D eigenvalue weighted by Crippen LogP contribution is -2.59. The largest absolute Gasteiger partial charge is 0.377 e. The number of rotatable bonds is 4. The van der Waals surface area contributed by atoms with Gasteiger partial charge < -0.3 is 20.7 Å². The van der Waals surface area contributed by atoms with E-state index in [0.717, 1.165) is 6.54 Å². The van der Waals surface area contributed by atoms with Crippen LogP contribution < -0.4 is 16.0 Å². The highest BCUT2D eigenvalue weighted by Gasteiger charge is 2.25. The van der Waals surface area contributed by atoms with Gasteiger partial charge in [-0.3, -0.25) is 4.79 Å². The van der Waals surface area contributed by atoms with Crippen LogP contribution in [0, 0.1) is 0 Å². The van der Waals surface area contributed by atoms with E-state index in [1.165, 1.54) is 0 Å². The molecule has 1 aliphatic rings. The molecule has 1 saturated heterocycles. The van der Waals surface area contributed by atoms with E-state index in [9.17, 15) is 4.79 Å². The average molecular weight is 229 g/mol. The fourth-order valence-electron chi connectivity index (χ4n) is 1.46. The van der Waals surface area contributed by atoms with Crippen LogP contribution in [0.4, 0.5) is 0 Å².